The van der Waals surface area contributed by atoms with Crippen molar-refractivity contribution < 1.29 is 4.74 Å². The number of H-pyrrole nitrogens is 1. The van der Waals surface area contributed by atoms with Gasteiger partial charge in [0.2, 0.25) is 5.95 Å². The van der Waals surface area contributed by atoms with Crippen LogP contribution in [0.4, 0.5) is 23.1 Å². The number of nitrogens with one attached hydrogen (secondary N) is 4. The number of hydrogen-bond acceptors (Lipinski definition) is 8. The molecule has 1 atom stereocenters. The molecule has 0 radical (unpaired) electrons. The fourth-order valence-corrected chi connectivity index (χ4v) is 3.92. The topological polar surface area (TPSA) is 107 Å². The number of aromatic amines is 1. The van der Waals surface area contributed by atoms with Crippen LogP contribution in [0.2, 0.25) is 0 Å². The number of morpholine rings is 1. The van der Waals surface area contributed by atoms with Crippen molar-refractivity contribution in [1.82, 2.24) is 20.3 Å². The van der Waals surface area contributed by atoms with E-state index in [0.29, 0.717) is 22.7 Å². The predicted molar refractivity (Wildman–Crippen MR) is 118 cm³/mol. The molecule has 3 aromatic rings. The Bertz CT molecular complexity index is 1070. The summed E-state index contributed by atoms with van der Waals surface area (Å²) >= 11 is 0. The van der Waals surface area contributed by atoms with Crippen molar-refractivity contribution in [2.24, 2.45) is 0 Å². The lowest BCUT2D eigenvalue weighted by molar-refractivity contribution is 0.122. The van der Waals surface area contributed by atoms with Crippen LogP contribution in [0.5, 0.6) is 0 Å². The first-order valence-corrected chi connectivity index (χ1v) is 10.3. The minimum absolute atomic E-state index is 0.214. The summed E-state index contributed by atoms with van der Waals surface area (Å²) in [6.07, 6.45) is 2.63. The van der Waals surface area contributed by atoms with Crippen LogP contribution in [0.1, 0.15) is 6.42 Å². The van der Waals surface area contributed by atoms with E-state index < -0.39 is 0 Å². The quantitative estimate of drug-likeness (QED) is 0.506. The zero-order valence-corrected chi connectivity index (χ0v) is 16.6. The SMILES string of the molecule is O=c1[nH]ccc2nc(N[C@H]3CCNC3)nc(Nc3ccc(N4CCOCC4)cc3)c12. The highest BCUT2D eigenvalue weighted by Gasteiger charge is 2.18. The summed E-state index contributed by atoms with van der Waals surface area (Å²) in [7, 11) is 0. The molecule has 1 aromatic carbocycles. The normalized spacial score (nSPS) is 19.2. The van der Waals surface area contributed by atoms with Crippen molar-refractivity contribution in [3.63, 3.8) is 0 Å². The van der Waals surface area contributed by atoms with E-state index in [1.165, 1.54) is 0 Å². The fraction of sp³-hybridized carbons (Fsp3) is 0.381. The van der Waals surface area contributed by atoms with E-state index in [9.17, 15) is 4.79 Å². The van der Waals surface area contributed by atoms with Gasteiger partial charge in [0, 0.05) is 43.2 Å². The third-order valence-electron chi connectivity index (χ3n) is 5.52. The Hall–Kier alpha value is -3.17. The summed E-state index contributed by atoms with van der Waals surface area (Å²) in [5, 5.41) is 10.5. The lowest BCUT2D eigenvalue weighted by Crippen LogP contribution is -2.36. The average molecular weight is 407 g/mol. The van der Waals surface area contributed by atoms with E-state index in [4.69, 9.17) is 4.74 Å². The second-order valence-electron chi connectivity index (χ2n) is 7.57. The molecule has 2 aliphatic heterocycles. The summed E-state index contributed by atoms with van der Waals surface area (Å²) in [6, 6.07) is 10.2. The van der Waals surface area contributed by atoms with Gasteiger partial charge in [-0.1, -0.05) is 0 Å². The number of rotatable bonds is 5. The maximum Gasteiger partial charge on any atom is 0.261 e. The highest BCUT2D eigenvalue weighted by Crippen LogP contribution is 2.25. The molecule has 9 heteroatoms. The molecule has 2 aliphatic rings. The number of pyridine rings is 1. The fourth-order valence-electron chi connectivity index (χ4n) is 3.92. The lowest BCUT2D eigenvalue weighted by Gasteiger charge is -2.28. The Morgan fingerprint density at radius 1 is 1.10 bits per heavy atom. The van der Waals surface area contributed by atoms with Crippen LogP contribution in [0.25, 0.3) is 10.9 Å². The van der Waals surface area contributed by atoms with E-state index in [-0.39, 0.29) is 11.6 Å². The van der Waals surface area contributed by atoms with Crippen LogP contribution in [0.15, 0.2) is 41.3 Å². The van der Waals surface area contributed by atoms with E-state index in [2.05, 4.69) is 47.9 Å². The van der Waals surface area contributed by atoms with Crippen LogP contribution in [0.3, 0.4) is 0 Å². The number of nitrogens with zero attached hydrogens (tertiary/aromatic N) is 3. The van der Waals surface area contributed by atoms with E-state index in [1.807, 2.05) is 12.1 Å². The molecular weight excluding hydrogens is 382 g/mol. The molecule has 30 heavy (non-hydrogen) atoms. The third kappa shape index (κ3) is 3.94. The summed E-state index contributed by atoms with van der Waals surface area (Å²) in [5.41, 5.74) is 2.41. The Morgan fingerprint density at radius 2 is 1.93 bits per heavy atom. The molecule has 2 fully saturated rings. The van der Waals surface area contributed by atoms with Gasteiger partial charge in [-0.05, 0) is 43.3 Å². The smallest absolute Gasteiger partial charge is 0.261 e. The first kappa shape index (κ1) is 18.8. The van der Waals surface area contributed by atoms with Gasteiger partial charge in [0.15, 0.2) is 0 Å². The number of aromatic nitrogens is 3. The number of ether oxygens (including phenoxy) is 1. The van der Waals surface area contributed by atoms with Gasteiger partial charge in [-0.2, -0.15) is 4.98 Å². The van der Waals surface area contributed by atoms with E-state index >= 15 is 0 Å². The van der Waals surface area contributed by atoms with Gasteiger partial charge in [-0.25, -0.2) is 4.98 Å². The monoisotopic (exact) mass is 407 g/mol. The second-order valence-corrected chi connectivity index (χ2v) is 7.57. The van der Waals surface area contributed by atoms with Gasteiger partial charge in [-0.15, -0.1) is 0 Å². The van der Waals surface area contributed by atoms with Crippen LogP contribution in [-0.4, -0.2) is 60.4 Å². The Kier molecular flexibility index (Phi) is 5.20. The van der Waals surface area contributed by atoms with Crippen molar-refractivity contribution in [2.45, 2.75) is 12.5 Å². The Balaban J connectivity index is 1.44. The first-order valence-electron chi connectivity index (χ1n) is 10.3. The number of anilines is 4. The van der Waals surface area contributed by atoms with Gasteiger partial charge >= 0.3 is 0 Å². The molecule has 0 spiro atoms. The number of fused-ring (bicyclic) bond motifs is 1. The molecule has 0 unspecified atom stereocenters. The van der Waals surface area contributed by atoms with Gasteiger partial charge in [-0.3, -0.25) is 4.79 Å². The van der Waals surface area contributed by atoms with Crippen LogP contribution >= 0.6 is 0 Å². The zero-order chi connectivity index (χ0) is 20.3. The Morgan fingerprint density at radius 3 is 2.70 bits per heavy atom. The van der Waals surface area contributed by atoms with Crippen LogP contribution in [0, 0.1) is 0 Å². The minimum Gasteiger partial charge on any atom is -0.378 e. The minimum atomic E-state index is -0.214. The predicted octanol–water partition coefficient (Wildman–Crippen LogP) is 1.67. The lowest BCUT2D eigenvalue weighted by atomic mass is 10.2. The molecule has 2 saturated heterocycles. The van der Waals surface area contributed by atoms with E-state index in [0.717, 1.165) is 57.2 Å². The summed E-state index contributed by atoms with van der Waals surface area (Å²) in [4.78, 5) is 26.7. The largest absolute Gasteiger partial charge is 0.378 e. The molecule has 0 saturated carbocycles. The van der Waals surface area contributed by atoms with Crippen LogP contribution in [-0.2, 0) is 4.74 Å². The zero-order valence-electron chi connectivity index (χ0n) is 16.6. The Labute approximate surface area is 173 Å². The van der Waals surface area contributed by atoms with Gasteiger partial charge in [0.25, 0.3) is 5.56 Å². The third-order valence-corrected chi connectivity index (χ3v) is 5.52. The molecule has 2 aromatic heterocycles. The maximum absolute atomic E-state index is 12.5. The summed E-state index contributed by atoms with van der Waals surface area (Å²) in [6.45, 7) is 5.14. The molecule has 0 aliphatic carbocycles. The molecule has 0 bridgehead atoms. The van der Waals surface area contributed by atoms with E-state index in [1.54, 1.807) is 12.3 Å². The molecule has 9 nitrogen and oxygen atoms in total. The highest BCUT2D eigenvalue weighted by molar-refractivity contribution is 5.91. The average Bonchev–Trinajstić information content (AvgIpc) is 3.28. The first-order chi connectivity index (χ1) is 14.8. The molecule has 5 rings (SSSR count). The van der Waals surface area contributed by atoms with Crippen LogP contribution < -0.4 is 26.4 Å². The molecular formula is C21H25N7O2. The van der Waals surface area contributed by atoms with Gasteiger partial charge in [0.1, 0.15) is 11.2 Å². The van der Waals surface area contributed by atoms with Crippen molar-refractivity contribution >= 4 is 34.0 Å². The van der Waals surface area contributed by atoms with Gasteiger partial charge in [0.05, 0.1) is 18.7 Å². The number of hydrogen-bond donors (Lipinski definition) is 4. The molecule has 4 N–H and O–H groups in total. The highest BCUT2D eigenvalue weighted by atomic mass is 16.5. The van der Waals surface area contributed by atoms with Crippen molar-refractivity contribution in [3.05, 3.63) is 46.9 Å². The molecule has 156 valence electrons. The van der Waals surface area contributed by atoms with Crippen molar-refractivity contribution in [3.8, 4) is 0 Å². The maximum atomic E-state index is 12.5. The molecule has 0 amide bonds. The number of benzene rings is 1. The standard InChI is InChI=1S/C21H25N7O2/c29-20-18-17(6-8-23-20)26-21(25-15-5-7-22-13-15)27-19(18)24-14-1-3-16(4-2-14)28-9-11-30-12-10-28/h1-4,6,8,15,22H,5,7,9-13H2,(H,23,29)(H2,24,25,26,27)/t15-/m0/s1. The van der Waals surface area contributed by atoms with Crippen molar-refractivity contribution in [2.75, 3.05) is 54.9 Å². The van der Waals surface area contributed by atoms with Gasteiger partial charge < -0.3 is 30.6 Å². The molecule has 4 heterocycles. The second kappa shape index (κ2) is 8.29. The summed E-state index contributed by atoms with van der Waals surface area (Å²) < 4.78 is 5.42. The summed E-state index contributed by atoms with van der Waals surface area (Å²) in [5.74, 6) is 1.02. The van der Waals surface area contributed by atoms with Crippen molar-refractivity contribution in [1.29, 1.82) is 0 Å².